The first-order chi connectivity index (χ1) is 10.1. The second kappa shape index (κ2) is 8.16. The summed E-state index contributed by atoms with van der Waals surface area (Å²) in [4.78, 5) is 10.5. The maximum atomic E-state index is 12.0. The number of rotatable bonds is 4. The van der Waals surface area contributed by atoms with Gasteiger partial charge in [-0.2, -0.15) is 0 Å². The number of non-ortho nitro benzene ring substituents is 1. The van der Waals surface area contributed by atoms with Crippen LogP contribution in [-0.2, 0) is 11.0 Å². The van der Waals surface area contributed by atoms with Crippen molar-refractivity contribution in [2.24, 2.45) is 0 Å². The molecular formula is C15H18N2O3S. The zero-order chi connectivity index (χ0) is 15.8. The lowest BCUT2D eigenvalue weighted by molar-refractivity contribution is -0.384. The van der Waals surface area contributed by atoms with Gasteiger partial charge in [-0.15, -0.1) is 0 Å². The number of benzene rings is 2. The van der Waals surface area contributed by atoms with Crippen LogP contribution in [0.4, 0.5) is 11.4 Å². The number of nitro benzene ring substituents is 1. The van der Waals surface area contributed by atoms with Crippen LogP contribution in [0.1, 0.15) is 19.4 Å². The molecule has 0 heterocycles. The first kappa shape index (κ1) is 16.8. The number of hydrogen-bond acceptors (Lipinski definition) is 3. The first-order valence-electron chi connectivity index (χ1n) is 6.56. The fourth-order valence-corrected chi connectivity index (χ4v) is 2.41. The van der Waals surface area contributed by atoms with Crippen LogP contribution in [0.3, 0.4) is 0 Å². The maximum absolute atomic E-state index is 12.0. The van der Waals surface area contributed by atoms with Gasteiger partial charge in [0, 0.05) is 17.8 Å². The normalized spacial score (nSPS) is 11.0. The number of nitrogens with one attached hydrogen (secondary N) is 1. The minimum atomic E-state index is -1.44. The van der Waals surface area contributed by atoms with Crippen molar-refractivity contribution in [3.8, 4) is 0 Å². The molecule has 2 aromatic carbocycles. The van der Waals surface area contributed by atoms with Crippen LogP contribution < -0.4 is 4.72 Å². The number of nitrogens with zero attached hydrogens (tertiary/aromatic N) is 1. The van der Waals surface area contributed by atoms with Gasteiger partial charge in [-0.25, -0.2) is 4.21 Å². The van der Waals surface area contributed by atoms with E-state index in [1.165, 1.54) is 24.3 Å². The van der Waals surface area contributed by atoms with Crippen molar-refractivity contribution in [3.05, 3.63) is 64.2 Å². The number of anilines is 1. The highest BCUT2D eigenvalue weighted by Gasteiger charge is 2.08. The Morgan fingerprint density at radius 3 is 2.24 bits per heavy atom. The Labute approximate surface area is 126 Å². The maximum Gasteiger partial charge on any atom is 0.269 e. The molecule has 0 bridgehead atoms. The molecule has 0 radical (unpaired) electrons. The molecule has 0 amide bonds. The fourth-order valence-electron chi connectivity index (χ4n) is 1.57. The lowest BCUT2D eigenvalue weighted by atomic mass is 10.2. The summed E-state index contributed by atoms with van der Waals surface area (Å²) in [6.45, 7) is 5.94. The van der Waals surface area contributed by atoms with Crippen molar-refractivity contribution in [3.63, 3.8) is 0 Å². The van der Waals surface area contributed by atoms with Crippen molar-refractivity contribution >= 4 is 22.4 Å². The SMILES string of the molecule is CC.Cc1cccc(NS(=O)c2ccc([N+](=O)[O-])cc2)c1. The minimum Gasteiger partial charge on any atom is -0.301 e. The van der Waals surface area contributed by atoms with E-state index < -0.39 is 15.9 Å². The Bertz CT molecular complexity index is 627. The van der Waals surface area contributed by atoms with Gasteiger partial charge in [-0.05, 0) is 36.8 Å². The summed E-state index contributed by atoms with van der Waals surface area (Å²) in [7, 11) is -1.44. The summed E-state index contributed by atoms with van der Waals surface area (Å²) in [6.07, 6.45) is 0. The van der Waals surface area contributed by atoms with Crippen molar-refractivity contribution in [1.82, 2.24) is 0 Å². The summed E-state index contributed by atoms with van der Waals surface area (Å²) in [5.74, 6) is 0. The average Bonchev–Trinajstić information content (AvgIpc) is 2.49. The number of hydrogen-bond donors (Lipinski definition) is 1. The van der Waals surface area contributed by atoms with Gasteiger partial charge >= 0.3 is 0 Å². The van der Waals surface area contributed by atoms with E-state index in [1.807, 2.05) is 45.0 Å². The van der Waals surface area contributed by atoms with Crippen LogP contribution in [-0.4, -0.2) is 9.13 Å². The van der Waals surface area contributed by atoms with E-state index in [4.69, 9.17) is 0 Å². The predicted octanol–water partition coefficient (Wildman–Crippen LogP) is 4.06. The molecule has 21 heavy (non-hydrogen) atoms. The van der Waals surface area contributed by atoms with E-state index in [1.54, 1.807) is 0 Å². The molecule has 0 fully saturated rings. The molecule has 6 heteroatoms. The summed E-state index contributed by atoms with van der Waals surface area (Å²) in [6, 6.07) is 13.1. The van der Waals surface area contributed by atoms with Gasteiger partial charge in [0.05, 0.1) is 9.82 Å². The molecule has 0 aromatic heterocycles. The molecule has 0 aliphatic carbocycles. The Kier molecular flexibility index (Phi) is 6.55. The van der Waals surface area contributed by atoms with Crippen molar-refractivity contribution in [1.29, 1.82) is 0 Å². The molecule has 112 valence electrons. The molecule has 0 saturated carbocycles. The molecule has 0 aliphatic heterocycles. The molecule has 1 atom stereocenters. The molecule has 1 unspecified atom stereocenters. The molecule has 0 saturated heterocycles. The standard InChI is InChI=1S/C13H12N2O3S.C2H6/c1-10-3-2-4-11(9-10)14-19(18)13-7-5-12(6-8-13)15(16)17;1-2/h2-9,14H,1H3;1-2H3. The van der Waals surface area contributed by atoms with Gasteiger partial charge in [-0.3, -0.25) is 10.1 Å². The number of aryl methyl sites for hydroxylation is 1. The van der Waals surface area contributed by atoms with E-state index >= 15 is 0 Å². The first-order valence-corrected chi connectivity index (χ1v) is 7.71. The topological polar surface area (TPSA) is 72.2 Å². The van der Waals surface area contributed by atoms with Gasteiger partial charge in [0.15, 0.2) is 0 Å². The van der Waals surface area contributed by atoms with Crippen LogP contribution in [0.25, 0.3) is 0 Å². The van der Waals surface area contributed by atoms with Crippen LogP contribution >= 0.6 is 0 Å². The molecule has 5 nitrogen and oxygen atoms in total. The van der Waals surface area contributed by atoms with Crippen LogP contribution in [0, 0.1) is 17.0 Å². The van der Waals surface area contributed by atoms with Crippen LogP contribution in [0.15, 0.2) is 53.4 Å². The highest BCUT2D eigenvalue weighted by atomic mass is 32.2. The highest BCUT2D eigenvalue weighted by Crippen LogP contribution is 2.17. The quantitative estimate of drug-likeness (QED) is 0.683. The minimum absolute atomic E-state index is 0.0173. The van der Waals surface area contributed by atoms with E-state index in [2.05, 4.69) is 4.72 Å². The average molecular weight is 306 g/mol. The van der Waals surface area contributed by atoms with E-state index in [0.29, 0.717) is 4.90 Å². The summed E-state index contributed by atoms with van der Waals surface area (Å²) in [5, 5.41) is 10.5. The van der Waals surface area contributed by atoms with E-state index in [0.717, 1.165) is 11.3 Å². The van der Waals surface area contributed by atoms with Crippen molar-refractivity contribution in [2.45, 2.75) is 25.7 Å². The van der Waals surface area contributed by atoms with Gasteiger partial charge < -0.3 is 4.72 Å². The lowest BCUT2D eigenvalue weighted by Crippen LogP contribution is -2.04. The van der Waals surface area contributed by atoms with Crippen molar-refractivity contribution < 1.29 is 9.13 Å². The van der Waals surface area contributed by atoms with E-state index in [-0.39, 0.29) is 5.69 Å². The molecule has 0 aliphatic rings. The third-order valence-corrected chi connectivity index (χ3v) is 3.61. The molecule has 0 spiro atoms. The zero-order valence-corrected chi connectivity index (χ0v) is 13.0. The second-order valence-electron chi connectivity index (χ2n) is 3.99. The fraction of sp³-hybridized carbons (Fsp3) is 0.200. The largest absolute Gasteiger partial charge is 0.301 e. The third-order valence-electron chi connectivity index (χ3n) is 2.49. The second-order valence-corrected chi connectivity index (χ2v) is 5.20. The molecule has 2 aromatic rings. The number of nitro groups is 1. The summed E-state index contributed by atoms with van der Waals surface area (Å²) < 4.78 is 14.9. The van der Waals surface area contributed by atoms with Crippen LogP contribution in [0.2, 0.25) is 0 Å². The van der Waals surface area contributed by atoms with E-state index in [9.17, 15) is 14.3 Å². The molecule has 1 N–H and O–H groups in total. The van der Waals surface area contributed by atoms with Crippen molar-refractivity contribution in [2.75, 3.05) is 4.72 Å². The molecule has 2 rings (SSSR count). The Balaban J connectivity index is 0.00000106. The zero-order valence-electron chi connectivity index (χ0n) is 12.2. The monoisotopic (exact) mass is 306 g/mol. The summed E-state index contributed by atoms with van der Waals surface area (Å²) in [5.41, 5.74) is 1.79. The highest BCUT2D eigenvalue weighted by molar-refractivity contribution is 7.86. The lowest BCUT2D eigenvalue weighted by Gasteiger charge is -2.06. The van der Waals surface area contributed by atoms with Crippen LogP contribution in [0.5, 0.6) is 0 Å². The predicted molar refractivity (Wildman–Crippen MR) is 85.7 cm³/mol. The molecular weight excluding hydrogens is 288 g/mol. The Morgan fingerprint density at radius 1 is 1.10 bits per heavy atom. The summed E-state index contributed by atoms with van der Waals surface area (Å²) >= 11 is 0. The van der Waals surface area contributed by atoms with Gasteiger partial charge in [-0.1, -0.05) is 26.0 Å². The smallest absolute Gasteiger partial charge is 0.269 e. The van der Waals surface area contributed by atoms with Gasteiger partial charge in [0.2, 0.25) is 0 Å². The third kappa shape index (κ3) is 5.00. The Hall–Kier alpha value is -2.21. The van der Waals surface area contributed by atoms with Gasteiger partial charge in [0.25, 0.3) is 5.69 Å². The Morgan fingerprint density at radius 2 is 1.71 bits per heavy atom. The van der Waals surface area contributed by atoms with Gasteiger partial charge in [0.1, 0.15) is 11.0 Å².